The van der Waals surface area contributed by atoms with Gasteiger partial charge in [0.15, 0.2) is 0 Å². The van der Waals surface area contributed by atoms with E-state index in [-0.39, 0.29) is 11.7 Å². The molecule has 0 saturated heterocycles. The van der Waals surface area contributed by atoms with Crippen molar-refractivity contribution in [3.05, 3.63) is 5.82 Å². The first kappa shape index (κ1) is 5.48. The molecule has 48 valence electrons. The Morgan fingerprint density at radius 2 is 2.56 bits per heavy atom. The molecule has 1 rings (SSSR count). The van der Waals surface area contributed by atoms with Crippen molar-refractivity contribution in [1.29, 1.82) is 0 Å². The topological polar surface area (TPSA) is 113 Å². The van der Waals surface area contributed by atoms with Gasteiger partial charge in [-0.3, -0.25) is 0 Å². The van der Waals surface area contributed by atoms with E-state index in [9.17, 15) is 0 Å². The molecule has 0 atom stereocenters. The zero-order valence-electron chi connectivity index (χ0n) is 4.31. The fraction of sp³-hybridized carbons (Fsp3) is 0. The van der Waals surface area contributed by atoms with Gasteiger partial charge in [-0.1, -0.05) is 5.16 Å². The summed E-state index contributed by atoms with van der Waals surface area (Å²) in [7, 11) is 0. The molecule has 0 bridgehead atoms. The molecule has 9 heavy (non-hydrogen) atoms. The van der Waals surface area contributed by atoms with E-state index in [1.54, 1.807) is 0 Å². The summed E-state index contributed by atoms with van der Waals surface area (Å²) in [5.41, 5.74) is 5.05. The highest BCUT2D eigenvalue weighted by molar-refractivity contribution is 5.92. The van der Waals surface area contributed by atoms with Crippen molar-refractivity contribution in [2.75, 3.05) is 0 Å². The first-order valence-electron chi connectivity index (χ1n) is 2.06. The lowest BCUT2D eigenvalue weighted by molar-refractivity contribution is 0.318. The number of H-pyrrole nitrogens is 1. The Hall–Kier alpha value is -1.66. The van der Waals surface area contributed by atoms with Gasteiger partial charge in [0, 0.05) is 0 Å². The third kappa shape index (κ3) is 0.929. The van der Waals surface area contributed by atoms with Crippen LogP contribution in [0.4, 0.5) is 0 Å². The Bertz CT molecular complexity index is 201. The molecule has 1 aromatic heterocycles. The third-order valence-corrected chi connectivity index (χ3v) is 0.682. The maximum Gasteiger partial charge on any atom is 0.242 e. The monoisotopic (exact) mass is 128 g/mol. The molecule has 0 aliphatic carbocycles. The molecule has 0 saturated carbocycles. The lowest BCUT2D eigenvalue weighted by Crippen LogP contribution is -2.14. The Morgan fingerprint density at radius 1 is 1.78 bits per heavy atom. The van der Waals surface area contributed by atoms with Crippen molar-refractivity contribution in [2.24, 2.45) is 10.9 Å². The van der Waals surface area contributed by atoms with Crippen LogP contribution in [0.5, 0.6) is 0 Å². The molecule has 0 aliphatic heterocycles. The highest BCUT2D eigenvalue weighted by Gasteiger charge is 2.01. The van der Waals surface area contributed by atoms with Gasteiger partial charge in [0.05, 0.1) is 0 Å². The van der Waals surface area contributed by atoms with E-state index in [0.29, 0.717) is 0 Å². The van der Waals surface area contributed by atoms with Crippen LogP contribution >= 0.6 is 0 Å². The van der Waals surface area contributed by atoms with Crippen LogP contribution in [0.1, 0.15) is 5.82 Å². The maximum absolute atomic E-state index is 8.05. The summed E-state index contributed by atoms with van der Waals surface area (Å²) >= 11 is 0. The number of nitrogens with two attached hydrogens (primary N) is 1. The van der Waals surface area contributed by atoms with Crippen molar-refractivity contribution in [3.8, 4) is 0 Å². The standard InChI is InChI=1S/C2H4N6O/c3-1(6-9)2-4-7-8-5-2/h9H,(H2,3,6)(H,4,5,7,8). The summed E-state index contributed by atoms with van der Waals surface area (Å²) < 4.78 is 0. The van der Waals surface area contributed by atoms with Gasteiger partial charge in [-0.05, 0) is 5.21 Å². The summed E-state index contributed by atoms with van der Waals surface area (Å²) in [6.45, 7) is 0. The number of hydrogen-bond donors (Lipinski definition) is 3. The second kappa shape index (κ2) is 2.07. The third-order valence-electron chi connectivity index (χ3n) is 0.682. The Labute approximate surface area is 49.6 Å². The lowest BCUT2D eigenvalue weighted by atomic mass is 10.6. The largest absolute Gasteiger partial charge is 0.409 e. The van der Waals surface area contributed by atoms with Crippen molar-refractivity contribution in [1.82, 2.24) is 20.6 Å². The Morgan fingerprint density at radius 3 is 3.00 bits per heavy atom. The van der Waals surface area contributed by atoms with E-state index in [4.69, 9.17) is 10.9 Å². The van der Waals surface area contributed by atoms with Gasteiger partial charge in [0.1, 0.15) is 0 Å². The number of hydrogen-bond acceptors (Lipinski definition) is 5. The zero-order valence-corrected chi connectivity index (χ0v) is 4.31. The van der Waals surface area contributed by atoms with Gasteiger partial charge in [-0.15, -0.1) is 10.2 Å². The van der Waals surface area contributed by atoms with Gasteiger partial charge in [-0.25, -0.2) is 0 Å². The molecule has 0 unspecified atom stereocenters. The summed E-state index contributed by atoms with van der Waals surface area (Å²) in [5.74, 6) is -0.0822. The minimum absolute atomic E-state index is 0.0810. The zero-order chi connectivity index (χ0) is 6.69. The first-order valence-corrected chi connectivity index (χ1v) is 2.06. The summed E-state index contributed by atoms with van der Waals surface area (Å²) in [6, 6.07) is 0. The van der Waals surface area contributed by atoms with Gasteiger partial charge in [0.2, 0.25) is 11.7 Å². The van der Waals surface area contributed by atoms with Crippen LogP contribution in [0.15, 0.2) is 5.16 Å². The number of aromatic amines is 1. The molecule has 7 heteroatoms. The predicted octanol–water partition coefficient (Wildman–Crippen LogP) is -1.71. The van der Waals surface area contributed by atoms with Gasteiger partial charge in [-0.2, -0.15) is 5.21 Å². The van der Waals surface area contributed by atoms with Crippen LogP contribution in [0.25, 0.3) is 0 Å². The molecule has 0 spiro atoms. The molecular formula is C2H4N6O. The van der Waals surface area contributed by atoms with Crippen LogP contribution in [-0.4, -0.2) is 31.7 Å². The highest BCUT2D eigenvalue weighted by Crippen LogP contribution is 1.78. The number of rotatable bonds is 1. The number of oxime groups is 1. The average molecular weight is 128 g/mol. The second-order valence-corrected chi connectivity index (χ2v) is 1.22. The van der Waals surface area contributed by atoms with Crippen LogP contribution in [0, 0.1) is 0 Å². The molecular weight excluding hydrogens is 124 g/mol. The number of nitrogens with zero attached hydrogens (tertiary/aromatic N) is 4. The van der Waals surface area contributed by atoms with Crippen LogP contribution in [0.3, 0.4) is 0 Å². The first-order chi connectivity index (χ1) is 4.34. The maximum atomic E-state index is 8.05. The quantitative estimate of drug-likeness (QED) is 0.180. The van der Waals surface area contributed by atoms with Gasteiger partial charge < -0.3 is 10.9 Å². The Balaban J connectivity index is 2.90. The molecule has 7 nitrogen and oxygen atoms in total. The number of amidine groups is 1. The number of nitrogens with one attached hydrogen (secondary N) is 1. The van der Waals surface area contributed by atoms with Crippen molar-refractivity contribution in [3.63, 3.8) is 0 Å². The molecule has 0 aliphatic rings. The van der Waals surface area contributed by atoms with Crippen LogP contribution < -0.4 is 5.73 Å². The lowest BCUT2D eigenvalue weighted by Gasteiger charge is -1.83. The Kier molecular flexibility index (Phi) is 1.26. The summed E-state index contributed by atoms with van der Waals surface area (Å²) in [6.07, 6.45) is 0. The number of aromatic nitrogens is 4. The second-order valence-electron chi connectivity index (χ2n) is 1.22. The molecule has 4 N–H and O–H groups in total. The van der Waals surface area contributed by atoms with Crippen molar-refractivity contribution < 1.29 is 5.21 Å². The predicted molar refractivity (Wildman–Crippen MR) is 26.7 cm³/mol. The van der Waals surface area contributed by atoms with E-state index >= 15 is 0 Å². The van der Waals surface area contributed by atoms with Gasteiger partial charge in [0.25, 0.3) is 0 Å². The summed E-state index contributed by atoms with van der Waals surface area (Å²) in [5, 5.41) is 22.9. The van der Waals surface area contributed by atoms with Crippen molar-refractivity contribution in [2.45, 2.75) is 0 Å². The minimum Gasteiger partial charge on any atom is -0.409 e. The molecule has 0 amide bonds. The fourth-order valence-corrected chi connectivity index (χ4v) is 0.315. The smallest absolute Gasteiger partial charge is 0.242 e. The summed E-state index contributed by atoms with van der Waals surface area (Å²) in [4.78, 5) is 0. The molecule has 1 heterocycles. The normalized spacial score (nSPS) is 11.8. The molecule has 0 fully saturated rings. The van der Waals surface area contributed by atoms with Crippen LogP contribution in [-0.2, 0) is 0 Å². The van der Waals surface area contributed by atoms with E-state index in [2.05, 4.69) is 25.8 Å². The average Bonchev–Trinajstić information content (AvgIpc) is 2.37. The fourth-order valence-electron chi connectivity index (χ4n) is 0.315. The van der Waals surface area contributed by atoms with E-state index in [1.165, 1.54) is 0 Å². The van der Waals surface area contributed by atoms with Crippen molar-refractivity contribution >= 4 is 5.84 Å². The van der Waals surface area contributed by atoms with E-state index < -0.39 is 0 Å². The molecule has 0 aromatic carbocycles. The van der Waals surface area contributed by atoms with E-state index in [0.717, 1.165) is 0 Å². The molecule has 1 aromatic rings. The SMILES string of the molecule is N/C(=N\O)c1nn[nH]n1. The van der Waals surface area contributed by atoms with Gasteiger partial charge >= 0.3 is 0 Å². The van der Waals surface area contributed by atoms with Crippen LogP contribution in [0.2, 0.25) is 0 Å². The molecule has 0 radical (unpaired) electrons. The number of tetrazole rings is 1. The highest BCUT2D eigenvalue weighted by atomic mass is 16.4. The minimum atomic E-state index is -0.163. The van der Waals surface area contributed by atoms with E-state index in [1.807, 2.05) is 0 Å².